The molecule has 0 aliphatic heterocycles. The maximum atomic E-state index is 12.4. The van der Waals surface area contributed by atoms with Crippen molar-refractivity contribution in [2.75, 3.05) is 19.5 Å². The van der Waals surface area contributed by atoms with Gasteiger partial charge in [0, 0.05) is 12.0 Å². The molecule has 19 heavy (non-hydrogen) atoms. The molecule has 0 saturated carbocycles. The molecule has 0 fully saturated rings. The highest BCUT2D eigenvalue weighted by Gasteiger charge is 2.20. The lowest BCUT2D eigenvalue weighted by molar-refractivity contribution is 0.0695. The molecule has 4 nitrogen and oxygen atoms in total. The van der Waals surface area contributed by atoms with Crippen LogP contribution in [0.1, 0.15) is 41.3 Å². The minimum absolute atomic E-state index is 0.197. The van der Waals surface area contributed by atoms with Gasteiger partial charge in [0.15, 0.2) is 0 Å². The summed E-state index contributed by atoms with van der Waals surface area (Å²) in [4.78, 5) is 11.8. The largest absolute Gasteiger partial charge is 0.478 e. The lowest BCUT2D eigenvalue weighted by Gasteiger charge is -2.16. The Morgan fingerprint density at radius 1 is 1.42 bits per heavy atom. The zero-order chi connectivity index (χ0) is 14.6. The van der Waals surface area contributed by atoms with E-state index in [4.69, 9.17) is 9.84 Å². The number of carboxylic acids is 1. The summed E-state index contributed by atoms with van der Waals surface area (Å²) in [5.74, 6) is -0.416. The van der Waals surface area contributed by atoms with Gasteiger partial charge in [-0.1, -0.05) is 19.9 Å². The summed E-state index contributed by atoms with van der Waals surface area (Å²) in [5, 5.41) is 9.15. The Kier molecular flexibility index (Phi) is 5.69. The molecule has 1 aromatic rings. The fraction of sp³-hybridized carbons (Fsp3) is 0.500. The first-order chi connectivity index (χ1) is 8.90. The zero-order valence-electron chi connectivity index (χ0n) is 11.7. The smallest absolute Gasteiger partial charge is 0.335 e. The van der Waals surface area contributed by atoms with Crippen LogP contribution in [0.25, 0.3) is 0 Å². The fourth-order valence-corrected chi connectivity index (χ4v) is 3.50. The molecule has 1 rings (SSSR count). The molecule has 1 N–H and O–H groups in total. The molecule has 0 unspecified atom stereocenters. The number of hydrogen-bond donors (Lipinski definition) is 1. The summed E-state index contributed by atoms with van der Waals surface area (Å²) >= 11 is 0. The first-order valence-corrected chi connectivity index (χ1v) is 7.46. The summed E-state index contributed by atoms with van der Waals surface area (Å²) < 4.78 is 17.3. The molecule has 0 aromatic heterocycles. The van der Waals surface area contributed by atoms with Crippen LogP contribution in [-0.4, -0.2) is 34.8 Å². The maximum absolute atomic E-state index is 12.4. The number of carbonyl (C=O) groups is 1. The molecular weight excluding hydrogens is 264 g/mol. The highest BCUT2D eigenvalue weighted by atomic mass is 32.2. The van der Waals surface area contributed by atoms with Gasteiger partial charge < -0.3 is 9.84 Å². The van der Waals surface area contributed by atoms with E-state index in [0.717, 1.165) is 5.56 Å². The Hall–Kier alpha value is -1.20. The predicted molar refractivity (Wildman–Crippen MR) is 75.4 cm³/mol. The summed E-state index contributed by atoms with van der Waals surface area (Å²) in [7, 11) is 0.314. The first-order valence-electron chi connectivity index (χ1n) is 6.14. The van der Waals surface area contributed by atoms with Crippen molar-refractivity contribution in [2.24, 2.45) is 0 Å². The van der Waals surface area contributed by atoms with E-state index in [2.05, 4.69) is 0 Å². The highest BCUT2D eigenvalue weighted by Crippen LogP contribution is 2.28. The number of ether oxygens (including phenoxy) is 1. The van der Waals surface area contributed by atoms with Crippen molar-refractivity contribution in [2.45, 2.75) is 31.6 Å². The van der Waals surface area contributed by atoms with Crippen molar-refractivity contribution in [3.05, 3.63) is 28.8 Å². The van der Waals surface area contributed by atoms with Crippen molar-refractivity contribution in [1.29, 1.82) is 0 Å². The molecular formula is C14H20O4S. The van der Waals surface area contributed by atoms with Gasteiger partial charge in [-0.3, -0.25) is 4.21 Å². The van der Waals surface area contributed by atoms with E-state index in [-0.39, 0.29) is 11.5 Å². The Labute approximate surface area is 116 Å². The van der Waals surface area contributed by atoms with Gasteiger partial charge >= 0.3 is 5.97 Å². The van der Waals surface area contributed by atoms with Crippen LogP contribution in [0.4, 0.5) is 0 Å². The van der Waals surface area contributed by atoms with Gasteiger partial charge in [-0.2, -0.15) is 0 Å². The molecule has 0 radical (unpaired) electrons. The molecule has 0 aliphatic carbocycles. The van der Waals surface area contributed by atoms with Gasteiger partial charge in [-0.15, -0.1) is 0 Å². The molecule has 106 valence electrons. The summed E-state index contributed by atoms with van der Waals surface area (Å²) in [6.07, 6.45) is 0. The summed E-state index contributed by atoms with van der Waals surface area (Å²) in [5.41, 5.74) is 1.75. The van der Waals surface area contributed by atoms with Crippen molar-refractivity contribution < 1.29 is 18.8 Å². The lowest BCUT2D eigenvalue weighted by Crippen LogP contribution is -2.12. The second-order valence-corrected chi connectivity index (χ2v) is 6.17. The Balaban J connectivity index is 3.34. The fourth-order valence-electron chi connectivity index (χ4n) is 1.96. The Morgan fingerprint density at radius 2 is 2.05 bits per heavy atom. The SMILES string of the molecule is COCC[S@@](=O)c1c(C(C)C)ccc(C(=O)O)c1C. The molecule has 1 aromatic carbocycles. The molecule has 5 heteroatoms. The number of hydrogen-bond acceptors (Lipinski definition) is 3. The predicted octanol–water partition coefficient (Wildman–Crippen LogP) is 2.57. The molecule has 0 saturated heterocycles. The van der Waals surface area contributed by atoms with Crippen LogP contribution in [0.15, 0.2) is 17.0 Å². The molecule has 1 atom stereocenters. The normalized spacial score (nSPS) is 12.7. The third kappa shape index (κ3) is 3.64. The monoisotopic (exact) mass is 284 g/mol. The molecule has 0 aliphatic rings. The van der Waals surface area contributed by atoms with E-state index >= 15 is 0 Å². The highest BCUT2D eigenvalue weighted by molar-refractivity contribution is 7.85. The number of benzene rings is 1. The quantitative estimate of drug-likeness (QED) is 0.872. The Bertz CT molecular complexity index is 494. The third-order valence-electron chi connectivity index (χ3n) is 2.99. The van der Waals surface area contributed by atoms with E-state index in [1.807, 2.05) is 13.8 Å². The topological polar surface area (TPSA) is 63.6 Å². The summed E-state index contributed by atoms with van der Waals surface area (Å²) in [6, 6.07) is 3.35. The van der Waals surface area contributed by atoms with Crippen LogP contribution in [-0.2, 0) is 15.5 Å². The lowest BCUT2D eigenvalue weighted by atomic mass is 9.98. The molecule has 0 bridgehead atoms. The van der Waals surface area contributed by atoms with Gasteiger partial charge in [-0.25, -0.2) is 4.79 Å². The van der Waals surface area contributed by atoms with Crippen LogP contribution in [0.2, 0.25) is 0 Å². The second kappa shape index (κ2) is 6.82. The minimum atomic E-state index is -1.24. The van der Waals surface area contributed by atoms with E-state index in [0.29, 0.717) is 22.8 Å². The second-order valence-electron chi connectivity index (χ2n) is 4.66. The minimum Gasteiger partial charge on any atom is -0.478 e. The van der Waals surface area contributed by atoms with E-state index in [1.54, 1.807) is 26.2 Å². The van der Waals surface area contributed by atoms with E-state index in [9.17, 15) is 9.00 Å². The Morgan fingerprint density at radius 3 is 2.53 bits per heavy atom. The molecule has 0 heterocycles. The van der Waals surface area contributed by atoms with Crippen molar-refractivity contribution >= 4 is 16.8 Å². The van der Waals surface area contributed by atoms with Crippen LogP contribution in [0, 0.1) is 6.92 Å². The summed E-state index contributed by atoms with van der Waals surface area (Å²) in [6.45, 7) is 6.12. The molecule has 0 amide bonds. The van der Waals surface area contributed by atoms with E-state index in [1.165, 1.54) is 0 Å². The standard InChI is InChI=1S/C14H20O4S/c1-9(2)11-5-6-12(14(15)16)10(3)13(11)19(17)8-7-18-4/h5-6,9H,7-8H2,1-4H3,(H,15,16)/t19-/m1/s1. The number of methoxy groups -OCH3 is 1. The third-order valence-corrected chi connectivity index (χ3v) is 4.52. The van der Waals surface area contributed by atoms with Gasteiger partial charge in [-0.05, 0) is 30.0 Å². The van der Waals surface area contributed by atoms with Crippen LogP contribution >= 0.6 is 0 Å². The maximum Gasteiger partial charge on any atom is 0.335 e. The average Bonchev–Trinajstić information content (AvgIpc) is 2.34. The molecule has 0 spiro atoms. The number of rotatable bonds is 6. The van der Waals surface area contributed by atoms with Gasteiger partial charge in [0.25, 0.3) is 0 Å². The van der Waals surface area contributed by atoms with Gasteiger partial charge in [0.2, 0.25) is 0 Å². The van der Waals surface area contributed by atoms with E-state index < -0.39 is 16.8 Å². The zero-order valence-corrected chi connectivity index (χ0v) is 12.5. The van der Waals surface area contributed by atoms with Crippen molar-refractivity contribution in [1.82, 2.24) is 0 Å². The van der Waals surface area contributed by atoms with Crippen molar-refractivity contribution in [3.63, 3.8) is 0 Å². The average molecular weight is 284 g/mol. The van der Waals surface area contributed by atoms with Crippen LogP contribution in [0.3, 0.4) is 0 Å². The first kappa shape index (κ1) is 15.9. The van der Waals surface area contributed by atoms with Gasteiger partial charge in [0.05, 0.1) is 28.7 Å². The number of aromatic carboxylic acids is 1. The number of carboxylic acid groups (broad SMARTS) is 1. The van der Waals surface area contributed by atoms with Gasteiger partial charge in [0.1, 0.15) is 0 Å². The van der Waals surface area contributed by atoms with Crippen LogP contribution < -0.4 is 0 Å². The van der Waals surface area contributed by atoms with Crippen LogP contribution in [0.5, 0.6) is 0 Å². The van der Waals surface area contributed by atoms with Crippen molar-refractivity contribution in [3.8, 4) is 0 Å².